The second-order valence-corrected chi connectivity index (χ2v) is 5.78. The summed E-state index contributed by atoms with van der Waals surface area (Å²) in [7, 11) is 0. The Bertz CT molecular complexity index is 937. The molecular weight excluding hydrogens is 294 g/mol. The molecule has 1 N–H and O–H groups in total. The summed E-state index contributed by atoms with van der Waals surface area (Å²) in [6.07, 6.45) is 4.05. The summed E-state index contributed by atoms with van der Waals surface area (Å²) in [6.45, 7) is 3.95. The highest BCUT2D eigenvalue weighted by Gasteiger charge is 2.22. The number of hydrogen-bond donors (Lipinski definition) is 1. The number of nitrogens with one attached hydrogen (secondary N) is 1. The van der Waals surface area contributed by atoms with E-state index in [9.17, 15) is 4.79 Å². The lowest BCUT2D eigenvalue weighted by Gasteiger charge is -2.18. The minimum atomic E-state index is -0.0555. The third-order valence-corrected chi connectivity index (χ3v) is 3.84. The number of carbonyl (C=O) groups is 1. The second kappa shape index (κ2) is 5.05. The van der Waals surface area contributed by atoms with Crippen molar-refractivity contribution in [2.24, 2.45) is 11.0 Å². The van der Waals surface area contributed by atoms with E-state index >= 15 is 0 Å². The van der Waals surface area contributed by atoms with E-state index in [0.29, 0.717) is 18.0 Å². The normalized spacial score (nSPS) is 18.1. The Hall–Kier alpha value is -2.96. The Morgan fingerprint density at radius 1 is 1.39 bits per heavy atom. The molecule has 1 amide bonds. The third-order valence-electron chi connectivity index (χ3n) is 3.84. The molecule has 0 spiro atoms. The smallest absolute Gasteiger partial charge is 0.323 e. The van der Waals surface area contributed by atoms with Crippen molar-refractivity contribution in [3.63, 3.8) is 0 Å². The predicted octanol–water partition coefficient (Wildman–Crippen LogP) is 2.18. The van der Waals surface area contributed by atoms with Crippen LogP contribution in [0.4, 0.5) is 0 Å². The first kappa shape index (κ1) is 13.7. The van der Waals surface area contributed by atoms with Crippen LogP contribution in [0.5, 0.6) is 0 Å². The van der Waals surface area contributed by atoms with Gasteiger partial charge in [0.1, 0.15) is 5.52 Å². The average Bonchev–Trinajstić information content (AvgIpc) is 3.12. The molecule has 0 aliphatic carbocycles. The molecule has 0 saturated carbocycles. The van der Waals surface area contributed by atoms with Crippen LogP contribution in [0.25, 0.3) is 17.1 Å². The maximum atomic E-state index is 11.4. The summed E-state index contributed by atoms with van der Waals surface area (Å²) in [5.41, 5.74) is 6.77. The van der Waals surface area contributed by atoms with E-state index in [4.69, 9.17) is 4.42 Å². The van der Waals surface area contributed by atoms with Crippen molar-refractivity contribution in [2.45, 2.75) is 20.3 Å². The SMILES string of the molecule is Cc1cnn(-c2nc3cc(C4=NNC(=O)CC4C)ccc3o2)c1. The number of fused-ring (bicyclic) bond motifs is 1. The number of aryl methyl sites for hydroxylation is 1. The number of rotatable bonds is 2. The van der Waals surface area contributed by atoms with Crippen LogP contribution in [0.15, 0.2) is 40.1 Å². The molecule has 7 nitrogen and oxygen atoms in total. The van der Waals surface area contributed by atoms with Crippen LogP contribution in [0.3, 0.4) is 0 Å². The molecule has 4 rings (SSSR count). The van der Waals surface area contributed by atoms with Gasteiger partial charge in [-0.25, -0.2) is 5.43 Å². The van der Waals surface area contributed by atoms with Crippen molar-refractivity contribution in [3.8, 4) is 6.01 Å². The number of nitrogens with zero attached hydrogens (tertiary/aromatic N) is 4. The van der Waals surface area contributed by atoms with Gasteiger partial charge in [0.25, 0.3) is 0 Å². The van der Waals surface area contributed by atoms with Gasteiger partial charge in [-0.05, 0) is 30.7 Å². The summed E-state index contributed by atoms with van der Waals surface area (Å²) in [5.74, 6) is 0.0152. The number of benzene rings is 1. The van der Waals surface area contributed by atoms with E-state index < -0.39 is 0 Å². The topological polar surface area (TPSA) is 85.3 Å². The van der Waals surface area contributed by atoms with E-state index in [1.165, 1.54) is 0 Å². The summed E-state index contributed by atoms with van der Waals surface area (Å²) in [6, 6.07) is 6.14. The minimum Gasteiger partial charge on any atom is -0.422 e. The molecule has 1 aliphatic heterocycles. The highest BCUT2D eigenvalue weighted by Crippen LogP contribution is 2.23. The molecule has 7 heteroatoms. The van der Waals surface area contributed by atoms with Crippen LogP contribution in [0.2, 0.25) is 0 Å². The Morgan fingerprint density at radius 2 is 2.26 bits per heavy atom. The fourth-order valence-electron chi connectivity index (χ4n) is 2.69. The van der Waals surface area contributed by atoms with Crippen molar-refractivity contribution in [2.75, 3.05) is 0 Å². The van der Waals surface area contributed by atoms with Crippen LogP contribution in [-0.4, -0.2) is 26.4 Å². The summed E-state index contributed by atoms with van der Waals surface area (Å²) in [4.78, 5) is 15.9. The van der Waals surface area contributed by atoms with Crippen molar-refractivity contribution < 1.29 is 9.21 Å². The van der Waals surface area contributed by atoms with Gasteiger partial charge in [-0.3, -0.25) is 4.79 Å². The molecule has 23 heavy (non-hydrogen) atoms. The Balaban J connectivity index is 1.75. The van der Waals surface area contributed by atoms with E-state index in [2.05, 4.69) is 20.6 Å². The predicted molar refractivity (Wildman–Crippen MR) is 84.3 cm³/mol. The van der Waals surface area contributed by atoms with Crippen LogP contribution >= 0.6 is 0 Å². The zero-order chi connectivity index (χ0) is 16.0. The molecule has 3 aromatic rings. The lowest BCUT2D eigenvalue weighted by Crippen LogP contribution is -2.31. The Labute approximate surface area is 132 Å². The number of hydrogen-bond acceptors (Lipinski definition) is 5. The minimum absolute atomic E-state index is 0.0555. The van der Waals surface area contributed by atoms with Crippen LogP contribution in [-0.2, 0) is 4.79 Å². The van der Waals surface area contributed by atoms with Gasteiger partial charge in [0.2, 0.25) is 5.91 Å². The fraction of sp³-hybridized carbons (Fsp3) is 0.250. The quantitative estimate of drug-likeness (QED) is 0.786. The van der Waals surface area contributed by atoms with Gasteiger partial charge in [-0.2, -0.15) is 19.9 Å². The molecule has 0 bridgehead atoms. The van der Waals surface area contributed by atoms with Crippen LogP contribution in [0, 0.1) is 12.8 Å². The zero-order valence-corrected chi connectivity index (χ0v) is 12.8. The molecule has 1 atom stereocenters. The molecule has 1 aliphatic rings. The van der Waals surface area contributed by atoms with Gasteiger partial charge in [0.05, 0.1) is 11.9 Å². The van der Waals surface area contributed by atoms with Crippen molar-refractivity contribution in [1.29, 1.82) is 0 Å². The zero-order valence-electron chi connectivity index (χ0n) is 12.8. The molecular formula is C16H15N5O2. The number of aromatic nitrogens is 3. The van der Waals surface area contributed by atoms with Crippen molar-refractivity contribution in [1.82, 2.24) is 20.2 Å². The van der Waals surface area contributed by atoms with Gasteiger partial charge >= 0.3 is 6.01 Å². The second-order valence-electron chi connectivity index (χ2n) is 5.78. The number of hydrazone groups is 1. The van der Waals surface area contributed by atoms with Gasteiger partial charge in [-0.15, -0.1) is 0 Å². The Kier molecular flexibility index (Phi) is 3.00. The van der Waals surface area contributed by atoms with E-state index in [0.717, 1.165) is 22.4 Å². The number of amides is 1. The lowest BCUT2D eigenvalue weighted by molar-refractivity contribution is -0.121. The highest BCUT2D eigenvalue weighted by atomic mass is 16.4. The summed E-state index contributed by atoms with van der Waals surface area (Å²) in [5, 5.41) is 8.38. The third kappa shape index (κ3) is 2.40. The number of carbonyl (C=O) groups excluding carboxylic acids is 1. The average molecular weight is 309 g/mol. The molecule has 0 fully saturated rings. The molecule has 3 heterocycles. The lowest BCUT2D eigenvalue weighted by atomic mass is 9.94. The monoisotopic (exact) mass is 309 g/mol. The Morgan fingerprint density at radius 3 is 3.00 bits per heavy atom. The molecule has 1 unspecified atom stereocenters. The standard InChI is InChI=1S/C16H15N5O2/c1-9-7-17-21(8-9)16-18-12-6-11(3-4-13(12)23-16)15-10(2)5-14(22)19-20-15/h3-4,6-8,10H,5H2,1-2H3,(H,19,22). The molecule has 0 saturated heterocycles. The maximum absolute atomic E-state index is 11.4. The summed E-state index contributed by atoms with van der Waals surface area (Å²) >= 11 is 0. The first-order valence-electron chi connectivity index (χ1n) is 7.39. The first-order valence-corrected chi connectivity index (χ1v) is 7.39. The van der Waals surface area contributed by atoms with Gasteiger partial charge in [-0.1, -0.05) is 6.92 Å². The molecule has 116 valence electrons. The van der Waals surface area contributed by atoms with Gasteiger partial charge in [0, 0.05) is 24.1 Å². The van der Waals surface area contributed by atoms with E-state index in [1.807, 2.05) is 38.2 Å². The van der Waals surface area contributed by atoms with Crippen LogP contribution in [0.1, 0.15) is 24.5 Å². The van der Waals surface area contributed by atoms with Crippen molar-refractivity contribution in [3.05, 3.63) is 41.7 Å². The van der Waals surface area contributed by atoms with Crippen LogP contribution < -0.4 is 5.43 Å². The molecule has 2 aromatic heterocycles. The van der Waals surface area contributed by atoms with Gasteiger partial charge in [0.15, 0.2) is 5.58 Å². The number of oxazole rings is 1. The van der Waals surface area contributed by atoms with E-state index in [-0.39, 0.29) is 11.8 Å². The summed E-state index contributed by atoms with van der Waals surface area (Å²) < 4.78 is 7.34. The maximum Gasteiger partial charge on any atom is 0.323 e. The van der Waals surface area contributed by atoms with E-state index in [1.54, 1.807) is 10.9 Å². The fourth-order valence-corrected chi connectivity index (χ4v) is 2.69. The van der Waals surface area contributed by atoms with Crippen molar-refractivity contribution >= 4 is 22.7 Å². The largest absolute Gasteiger partial charge is 0.422 e. The first-order chi connectivity index (χ1) is 11.1. The molecule has 0 radical (unpaired) electrons. The van der Waals surface area contributed by atoms with Gasteiger partial charge < -0.3 is 4.42 Å². The molecule has 1 aromatic carbocycles. The highest BCUT2D eigenvalue weighted by molar-refractivity contribution is 6.07.